The van der Waals surface area contributed by atoms with Gasteiger partial charge in [0.15, 0.2) is 0 Å². The summed E-state index contributed by atoms with van der Waals surface area (Å²) in [6.07, 6.45) is 2.62. The lowest BCUT2D eigenvalue weighted by Crippen LogP contribution is -2.37. The molecule has 2 N–H and O–H groups in total. The zero-order chi connectivity index (χ0) is 15.5. The number of ether oxygens (including phenoxy) is 1. The molecule has 3 nitrogen and oxygen atoms in total. The van der Waals surface area contributed by atoms with Gasteiger partial charge in [-0.1, -0.05) is 26.8 Å². The van der Waals surface area contributed by atoms with E-state index in [1.807, 2.05) is 6.07 Å². The van der Waals surface area contributed by atoms with Crippen molar-refractivity contribution in [2.24, 2.45) is 17.1 Å². The minimum Gasteiger partial charge on any atom is -0.496 e. The highest BCUT2D eigenvalue weighted by atomic mass is 16.5. The largest absolute Gasteiger partial charge is 0.496 e. The first-order valence-electron chi connectivity index (χ1n) is 8.02. The van der Waals surface area contributed by atoms with Crippen LogP contribution in [0.15, 0.2) is 18.2 Å². The van der Waals surface area contributed by atoms with Crippen LogP contribution in [-0.4, -0.2) is 25.1 Å². The Morgan fingerprint density at radius 1 is 1.24 bits per heavy atom. The third kappa shape index (κ3) is 4.21. The molecule has 1 saturated heterocycles. The van der Waals surface area contributed by atoms with Crippen LogP contribution in [0.25, 0.3) is 0 Å². The molecule has 0 unspecified atom stereocenters. The average Bonchev–Trinajstić information content (AvgIpc) is 2.46. The average molecular weight is 290 g/mol. The van der Waals surface area contributed by atoms with E-state index in [1.165, 1.54) is 31.5 Å². The number of hydrogen-bond donors (Lipinski definition) is 1. The maximum Gasteiger partial charge on any atom is 0.123 e. The van der Waals surface area contributed by atoms with Crippen molar-refractivity contribution in [1.82, 2.24) is 4.90 Å². The van der Waals surface area contributed by atoms with Gasteiger partial charge >= 0.3 is 0 Å². The van der Waals surface area contributed by atoms with Crippen LogP contribution in [0.1, 0.15) is 44.7 Å². The molecule has 0 aromatic heterocycles. The standard InChI is InChI=1S/C18H30N2O/c1-18(2,3)16-7-9-20(10-8-16)13-14-5-6-17(21-4)15(11-14)12-19/h5-6,11,16H,7-10,12-13,19H2,1-4H3. The summed E-state index contributed by atoms with van der Waals surface area (Å²) in [7, 11) is 1.70. The Morgan fingerprint density at radius 3 is 2.43 bits per heavy atom. The van der Waals surface area contributed by atoms with Crippen molar-refractivity contribution in [3.05, 3.63) is 29.3 Å². The smallest absolute Gasteiger partial charge is 0.123 e. The van der Waals surface area contributed by atoms with Crippen LogP contribution < -0.4 is 10.5 Å². The molecule has 1 aromatic rings. The summed E-state index contributed by atoms with van der Waals surface area (Å²) in [6, 6.07) is 6.39. The predicted octanol–water partition coefficient (Wildman–Crippen LogP) is 3.41. The molecule has 3 heteroatoms. The molecule has 1 aromatic carbocycles. The van der Waals surface area contributed by atoms with Gasteiger partial charge in [-0.2, -0.15) is 0 Å². The van der Waals surface area contributed by atoms with E-state index in [2.05, 4.69) is 37.8 Å². The monoisotopic (exact) mass is 290 g/mol. The highest BCUT2D eigenvalue weighted by molar-refractivity contribution is 5.37. The third-order valence-electron chi connectivity index (χ3n) is 4.78. The van der Waals surface area contributed by atoms with Crippen LogP contribution in [-0.2, 0) is 13.1 Å². The van der Waals surface area contributed by atoms with Crippen LogP contribution in [0, 0.1) is 11.3 Å². The van der Waals surface area contributed by atoms with E-state index < -0.39 is 0 Å². The molecule has 2 rings (SSSR count). The van der Waals surface area contributed by atoms with Gasteiger partial charge in [-0.3, -0.25) is 4.90 Å². The normalized spacial score (nSPS) is 18.0. The number of benzene rings is 1. The van der Waals surface area contributed by atoms with Gasteiger partial charge in [0.05, 0.1) is 7.11 Å². The fraction of sp³-hybridized carbons (Fsp3) is 0.667. The first kappa shape index (κ1) is 16.3. The topological polar surface area (TPSA) is 38.5 Å². The Morgan fingerprint density at radius 2 is 1.90 bits per heavy atom. The van der Waals surface area contributed by atoms with Gasteiger partial charge in [-0.05, 0) is 55.0 Å². The van der Waals surface area contributed by atoms with E-state index >= 15 is 0 Å². The second-order valence-electron chi connectivity index (χ2n) is 7.27. The summed E-state index contributed by atoms with van der Waals surface area (Å²) in [6.45, 7) is 11.0. The van der Waals surface area contributed by atoms with Crippen LogP contribution in [0.2, 0.25) is 0 Å². The molecule has 0 radical (unpaired) electrons. The Labute approximate surface area is 129 Å². The van der Waals surface area contributed by atoms with E-state index in [4.69, 9.17) is 10.5 Å². The minimum atomic E-state index is 0.443. The third-order valence-corrected chi connectivity index (χ3v) is 4.78. The summed E-state index contributed by atoms with van der Waals surface area (Å²) < 4.78 is 5.34. The molecule has 0 spiro atoms. The Kier molecular flexibility index (Phi) is 5.28. The number of nitrogens with two attached hydrogens (primary N) is 1. The van der Waals surface area contributed by atoms with Gasteiger partial charge < -0.3 is 10.5 Å². The number of rotatable bonds is 4. The van der Waals surface area contributed by atoms with E-state index in [-0.39, 0.29) is 0 Å². The summed E-state index contributed by atoms with van der Waals surface area (Å²) in [5.74, 6) is 1.75. The van der Waals surface area contributed by atoms with E-state index in [1.54, 1.807) is 7.11 Å². The fourth-order valence-electron chi connectivity index (χ4n) is 3.31. The summed E-state index contributed by atoms with van der Waals surface area (Å²) in [5, 5.41) is 0. The molecule has 1 fully saturated rings. The lowest BCUT2D eigenvalue weighted by atomic mass is 9.75. The first-order chi connectivity index (χ1) is 9.94. The van der Waals surface area contributed by atoms with Crippen molar-refractivity contribution >= 4 is 0 Å². The summed E-state index contributed by atoms with van der Waals surface area (Å²) in [4.78, 5) is 2.56. The number of likely N-dealkylation sites (tertiary alicyclic amines) is 1. The summed E-state index contributed by atoms with van der Waals surface area (Å²) in [5.41, 5.74) is 8.68. The molecule has 0 bridgehead atoms. The molecule has 0 aliphatic carbocycles. The molecule has 118 valence electrons. The van der Waals surface area contributed by atoms with Crippen molar-refractivity contribution in [2.45, 2.75) is 46.7 Å². The fourth-order valence-corrected chi connectivity index (χ4v) is 3.31. The van der Waals surface area contributed by atoms with Gasteiger partial charge in [-0.25, -0.2) is 0 Å². The van der Waals surface area contributed by atoms with Gasteiger partial charge in [0.25, 0.3) is 0 Å². The second kappa shape index (κ2) is 6.80. The van der Waals surface area contributed by atoms with E-state index in [0.29, 0.717) is 12.0 Å². The molecule has 0 atom stereocenters. The van der Waals surface area contributed by atoms with Gasteiger partial charge in [0.1, 0.15) is 5.75 Å². The molecule has 0 saturated carbocycles. The van der Waals surface area contributed by atoms with Crippen molar-refractivity contribution in [3.63, 3.8) is 0 Å². The SMILES string of the molecule is COc1ccc(CN2CCC(C(C)(C)C)CC2)cc1CN. The molecular weight excluding hydrogens is 260 g/mol. The van der Waals surface area contributed by atoms with Gasteiger partial charge in [-0.15, -0.1) is 0 Å². The van der Waals surface area contributed by atoms with Gasteiger partial charge in [0.2, 0.25) is 0 Å². The minimum absolute atomic E-state index is 0.443. The molecule has 21 heavy (non-hydrogen) atoms. The van der Waals surface area contributed by atoms with Crippen LogP contribution in [0.3, 0.4) is 0 Å². The number of methoxy groups -OCH3 is 1. The lowest BCUT2D eigenvalue weighted by molar-refractivity contribution is 0.108. The van der Waals surface area contributed by atoms with Crippen LogP contribution in [0.5, 0.6) is 5.75 Å². The zero-order valence-corrected chi connectivity index (χ0v) is 14.0. The molecule has 1 heterocycles. The maximum atomic E-state index is 5.80. The lowest BCUT2D eigenvalue weighted by Gasteiger charge is -2.38. The van der Waals surface area contributed by atoms with Gasteiger partial charge in [0, 0.05) is 18.7 Å². The molecule has 0 amide bonds. The van der Waals surface area contributed by atoms with Crippen molar-refractivity contribution < 1.29 is 4.74 Å². The Hall–Kier alpha value is -1.06. The highest BCUT2D eigenvalue weighted by Crippen LogP contribution is 2.34. The zero-order valence-electron chi connectivity index (χ0n) is 14.0. The molecule has 1 aliphatic rings. The Bertz CT molecular complexity index is 457. The van der Waals surface area contributed by atoms with Crippen LogP contribution in [0.4, 0.5) is 0 Å². The molecule has 1 aliphatic heterocycles. The predicted molar refractivity (Wildman–Crippen MR) is 88.3 cm³/mol. The van der Waals surface area contributed by atoms with Crippen molar-refractivity contribution in [3.8, 4) is 5.75 Å². The number of piperidine rings is 1. The van der Waals surface area contributed by atoms with Crippen LogP contribution >= 0.6 is 0 Å². The Balaban J connectivity index is 1.95. The van der Waals surface area contributed by atoms with Crippen molar-refractivity contribution in [2.75, 3.05) is 20.2 Å². The maximum absolute atomic E-state index is 5.80. The number of nitrogens with zero attached hydrogens (tertiary/aromatic N) is 1. The van der Waals surface area contributed by atoms with E-state index in [9.17, 15) is 0 Å². The second-order valence-corrected chi connectivity index (χ2v) is 7.27. The summed E-state index contributed by atoms with van der Waals surface area (Å²) >= 11 is 0. The quantitative estimate of drug-likeness (QED) is 0.923. The highest BCUT2D eigenvalue weighted by Gasteiger charge is 2.28. The number of hydrogen-bond acceptors (Lipinski definition) is 3. The van der Waals surface area contributed by atoms with E-state index in [0.717, 1.165) is 23.8 Å². The molecular formula is C18H30N2O. The van der Waals surface area contributed by atoms with Crippen molar-refractivity contribution in [1.29, 1.82) is 0 Å². The first-order valence-corrected chi connectivity index (χ1v) is 8.02.